The average molecular weight is 838 g/mol. The van der Waals surface area contributed by atoms with E-state index in [1.165, 1.54) is 90.4 Å². The average Bonchev–Trinajstić information content (AvgIpc) is 3.28. The van der Waals surface area contributed by atoms with E-state index in [9.17, 15) is 0 Å². The fourth-order valence-electron chi connectivity index (χ4n) is 12.3. The number of benzene rings is 5. The summed E-state index contributed by atoms with van der Waals surface area (Å²) in [4.78, 5) is 8.45. The van der Waals surface area contributed by atoms with Crippen LogP contribution in [-0.4, -0.2) is 64.3 Å². The van der Waals surface area contributed by atoms with Crippen LogP contribution in [0.1, 0.15) is 81.7 Å². The van der Waals surface area contributed by atoms with Crippen molar-refractivity contribution in [3.8, 4) is 17.2 Å². The van der Waals surface area contributed by atoms with Gasteiger partial charge in [-0.05, 0) is 118 Å². The second-order valence-electron chi connectivity index (χ2n) is 19.2. The van der Waals surface area contributed by atoms with Crippen LogP contribution in [0.2, 0.25) is 0 Å². The van der Waals surface area contributed by atoms with Crippen molar-refractivity contribution in [3.05, 3.63) is 163 Å². The lowest BCUT2D eigenvalue weighted by Crippen LogP contribution is -2.48. The van der Waals surface area contributed by atoms with Crippen molar-refractivity contribution >= 4 is 29.6 Å². The molecule has 0 N–H and O–H groups in total. The summed E-state index contributed by atoms with van der Waals surface area (Å²) in [5, 5.41) is 2.78. The van der Waals surface area contributed by atoms with E-state index in [1.807, 2.05) is 0 Å². The molecule has 0 bridgehead atoms. The van der Waals surface area contributed by atoms with Gasteiger partial charge in [-0.3, -0.25) is 4.90 Å². The molecule has 0 aromatic heterocycles. The summed E-state index contributed by atoms with van der Waals surface area (Å²) < 4.78 is 17.0. The number of hydrogen-bond acceptors (Lipinski definition) is 6. The van der Waals surface area contributed by atoms with Crippen molar-refractivity contribution in [2.24, 2.45) is 5.92 Å². The molecule has 0 amide bonds. The Morgan fingerprint density at radius 3 is 2.50 bits per heavy atom. The first kappa shape index (κ1) is 38.4. The molecule has 4 atom stereocenters. The smallest absolute Gasteiger partial charge is 0.210 e. The van der Waals surface area contributed by atoms with Crippen LogP contribution < -0.4 is 34.4 Å². The number of fused-ring (bicyclic) bond motifs is 6. The molecule has 7 heteroatoms. The molecular weight excluding hydrogens is 781 g/mol. The number of allylic oxidation sites excluding steroid dienone is 1. The van der Waals surface area contributed by atoms with Gasteiger partial charge in [0.2, 0.25) is 5.36 Å². The van der Waals surface area contributed by atoms with E-state index in [1.54, 1.807) is 0 Å². The van der Waals surface area contributed by atoms with Crippen molar-refractivity contribution < 1.29 is 9.47 Å². The highest BCUT2D eigenvalue weighted by Gasteiger charge is 2.40. The Kier molecular flexibility index (Phi) is 9.27. The third-order valence-corrected chi connectivity index (χ3v) is 15.5. The second-order valence-corrected chi connectivity index (χ2v) is 19.7. The summed E-state index contributed by atoms with van der Waals surface area (Å²) in [7, 11) is 6.53. The topological polar surface area (TPSA) is 31.2 Å². The number of thiol groups is 1. The lowest BCUT2D eigenvalue weighted by atomic mass is 9.75. The largest absolute Gasteiger partial charge is 0.461 e. The van der Waals surface area contributed by atoms with Crippen molar-refractivity contribution in [1.82, 2.24) is 9.48 Å². The summed E-state index contributed by atoms with van der Waals surface area (Å²) in [5.74, 6) is 4.54. The quantitative estimate of drug-likeness (QED) is 0.103. The van der Waals surface area contributed by atoms with Crippen LogP contribution in [0.4, 0.5) is 11.4 Å². The van der Waals surface area contributed by atoms with E-state index in [4.69, 9.17) is 22.1 Å². The van der Waals surface area contributed by atoms with Crippen molar-refractivity contribution in [1.29, 1.82) is 0 Å². The molecule has 0 saturated heterocycles. The third-order valence-electron chi connectivity index (χ3n) is 15.2. The van der Waals surface area contributed by atoms with Gasteiger partial charge in [0.05, 0.1) is 5.56 Å². The summed E-state index contributed by atoms with van der Waals surface area (Å²) >= 11 is 4.75. The number of hydrogen-bond donors (Lipinski definition) is 1. The predicted molar refractivity (Wildman–Crippen MR) is 254 cm³/mol. The Hall–Kier alpha value is -5.24. The van der Waals surface area contributed by atoms with Crippen LogP contribution in [0.25, 0.3) is 5.57 Å². The maximum atomic E-state index is 7.44. The SMILES string of the molecule is Cc1ccccc1C1=c2cc3c4c(c2Oc2c1cc1c5c2CCCN5C(CN(C)c2ccc5c(c2)OC2=CC(N(C)C)C=CC2C5c2cccc(S)c2)CC1)CCC[N+]=4CCC3. The minimum absolute atomic E-state index is 0.144. The first-order valence-corrected chi connectivity index (χ1v) is 23.6. The number of rotatable bonds is 6. The molecule has 4 unspecified atom stereocenters. The van der Waals surface area contributed by atoms with Crippen molar-refractivity contribution in [2.45, 2.75) is 81.2 Å². The highest BCUT2D eigenvalue weighted by atomic mass is 32.1. The highest BCUT2D eigenvalue weighted by molar-refractivity contribution is 7.80. The zero-order valence-electron chi connectivity index (χ0n) is 36.6. The van der Waals surface area contributed by atoms with Gasteiger partial charge in [-0.1, -0.05) is 54.6 Å². The van der Waals surface area contributed by atoms with Gasteiger partial charge in [-0.15, -0.1) is 12.6 Å². The molecule has 7 aliphatic rings. The Bertz CT molecular complexity index is 2890. The van der Waals surface area contributed by atoms with Crippen molar-refractivity contribution in [3.63, 3.8) is 0 Å². The van der Waals surface area contributed by atoms with E-state index < -0.39 is 0 Å². The number of ether oxygens (including phenoxy) is 2. The van der Waals surface area contributed by atoms with Crippen LogP contribution in [0.5, 0.6) is 17.2 Å². The van der Waals surface area contributed by atoms with E-state index in [2.05, 4.69) is 144 Å². The van der Waals surface area contributed by atoms with Crippen LogP contribution in [0.15, 0.2) is 108 Å². The number of anilines is 2. The summed E-state index contributed by atoms with van der Waals surface area (Å²) in [6.45, 7) is 6.61. The standard InChI is InChI=1S/C55H56N4O2S/c1-33-11-5-6-15-41(33)51-46-28-35-13-8-24-58-25-9-16-44(52(35)58)54(46)61-55-45-17-10-26-59-39(19-18-36(53(45)59)29-47(51)55)32-57(4)38-21-23-43-49(31-38)60-48-30-37(56(2)3)20-22-42(48)50(43)34-12-7-14-40(62)27-34/h5-7,11-12,14-15,20-23,27-31,37,39,42,50H,8-10,13,16-19,24-26,32H2,1-4H3/p+1. The Morgan fingerprint density at radius 2 is 1.65 bits per heavy atom. The summed E-state index contributed by atoms with van der Waals surface area (Å²) in [6.07, 6.45) is 16.0. The molecule has 6 aliphatic heterocycles. The third kappa shape index (κ3) is 6.12. The molecule has 5 aromatic rings. The molecule has 0 spiro atoms. The van der Waals surface area contributed by atoms with E-state index in [0.29, 0.717) is 6.04 Å². The first-order chi connectivity index (χ1) is 30.3. The van der Waals surface area contributed by atoms with Gasteiger partial charge in [0, 0.05) is 112 Å². The van der Waals surface area contributed by atoms with Gasteiger partial charge in [-0.2, -0.15) is 0 Å². The molecule has 6 nitrogen and oxygen atoms in total. The minimum Gasteiger partial charge on any atom is -0.461 e. The Labute approximate surface area is 371 Å². The molecule has 12 rings (SSSR count). The molecule has 6 heterocycles. The second kappa shape index (κ2) is 14.9. The molecule has 0 saturated carbocycles. The van der Waals surface area contributed by atoms with Crippen molar-refractivity contribution in [2.75, 3.05) is 57.1 Å². The van der Waals surface area contributed by atoms with Gasteiger partial charge < -0.3 is 19.3 Å². The fraction of sp³-hybridized carbons (Fsp3) is 0.364. The van der Waals surface area contributed by atoms with Crippen LogP contribution >= 0.6 is 12.6 Å². The molecule has 62 heavy (non-hydrogen) atoms. The zero-order valence-corrected chi connectivity index (χ0v) is 37.5. The van der Waals surface area contributed by atoms with E-state index in [0.717, 1.165) is 92.6 Å². The number of aryl methyl sites for hydroxylation is 3. The fourth-order valence-corrected chi connectivity index (χ4v) is 12.5. The van der Waals surface area contributed by atoms with Gasteiger partial charge in [0.25, 0.3) is 0 Å². The molecule has 0 radical (unpaired) electrons. The van der Waals surface area contributed by atoms with Gasteiger partial charge in [0.15, 0.2) is 0 Å². The molecule has 0 fully saturated rings. The normalized spacial score (nSPS) is 22.6. The lowest BCUT2D eigenvalue weighted by Gasteiger charge is -2.45. The molecule has 1 aliphatic carbocycles. The highest BCUT2D eigenvalue weighted by Crippen LogP contribution is 2.51. The van der Waals surface area contributed by atoms with Gasteiger partial charge in [0.1, 0.15) is 36.1 Å². The van der Waals surface area contributed by atoms with Crippen LogP contribution in [-0.2, 0) is 25.7 Å². The summed E-state index contributed by atoms with van der Waals surface area (Å²) in [5.41, 5.74) is 16.3. The van der Waals surface area contributed by atoms with E-state index in [-0.39, 0.29) is 17.9 Å². The Morgan fingerprint density at radius 1 is 0.790 bits per heavy atom. The zero-order chi connectivity index (χ0) is 41.8. The maximum Gasteiger partial charge on any atom is 0.210 e. The van der Waals surface area contributed by atoms with E-state index >= 15 is 0 Å². The molecular formula is C55H57N4O2S+. The number of nitrogens with zero attached hydrogens (tertiary/aromatic N) is 4. The van der Waals surface area contributed by atoms with Crippen LogP contribution in [0, 0.1) is 12.8 Å². The van der Waals surface area contributed by atoms with Gasteiger partial charge >= 0.3 is 0 Å². The Balaban J connectivity index is 0.909. The first-order valence-electron chi connectivity index (χ1n) is 23.2. The minimum atomic E-state index is 0.144. The molecule has 5 aromatic carbocycles. The lowest BCUT2D eigenvalue weighted by molar-refractivity contribution is 0.300. The number of likely N-dealkylation sites (N-methyl/N-ethyl adjacent to an activating group) is 2. The monoisotopic (exact) mass is 837 g/mol. The summed E-state index contributed by atoms with van der Waals surface area (Å²) in [6, 6.07) is 30.3. The maximum absolute atomic E-state index is 7.44. The van der Waals surface area contributed by atoms with Gasteiger partial charge in [-0.25, -0.2) is 4.58 Å². The van der Waals surface area contributed by atoms with Crippen LogP contribution in [0.3, 0.4) is 0 Å². The predicted octanol–water partition coefficient (Wildman–Crippen LogP) is 8.75. The molecule has 314 valence electrons.